The minimum Gasteiger partial charge on any atom is -0.508 e. The van der Waals surface area contributed by atoms with Crippen molar-refractivity contribution in [1.82, 2.24) is 4.90 Å². The number of Topliss-reactive ketones (excluding diaryl/α,β-unsaturated/α-hetero) is 1. The summed E-state index contributed by atoms with van der Waals surface area (Å²) < 4.78 is 16.2. The molecule has 9 heteroatoms. The number of rotatable bonds is 13. The minimum absolute atomic E-state index is 0.0553. The van der Waals surface area contributed by atoms with E-state index in [1.807, 2.05) is 49.4 Å². The van der Waals surface area contributed by atoms with Crippen LogP contribution in [0, 0.1) is 5.41 Å². The van der Waals surface area contributed by atoms with E-state index in [-0.39, 0.29) is 29.4 Å². The van der Waals surface area contributed by atoms with Crippen LogP contribution in [0.15, 0.2) is 66.7 Å². The first kappa shape index (κ1) is 31.6. The second-order valence-electron chi connectivity index (χ2n) is 11.4. The smallest absolute Gasteiger partial charge is 0.228 e. The zero-order valence-electron chi connectivity index (χ0n) is 25.3. The Morgan fingerprint density at radius 2 is 1.53 bits per heavy atom. The van der Waals surface area contributed by atoms with Gasteiger partial charge in [0.2, 0.25) is 17.4 Å². The molecule has 1 heterocycles. The highest BCUT2D eigenvalue weighted by Gasteiger charge is 2.42. The second kappa shape index (κ2) is 13.3. The molecule has 9 nitrogen and oxygen atoms in total. The number of amides is 1. The Labute approximate surface area is 253 Å². The molecule has 1 aliphatic heterocycles. The quantitative estimate of drug-likeness (QED) is 0.192. The molecule has 4 rings (SSSR count). The molecule has 0 aromatic heterocycles. The van der Waals surface area contributed by atoms with E-state index in [9.17, 15) is 14.7 Å². The van der Waals surface area contributed by atoms with Crippen molar-refractivity contribution in [2.45, 2.75) is 43.4 Å². The molecule has 1 amide bonds. The van der Waals surface area contributed by atoms with Gasteiger partial charge in [-0.2, -0.15) is 0 Å². The van der Waals surface area contributed by atoms with Crippen LogP contribution >= 0.6 is 0 Å². The average molecular weight is 588 g/mol. The van der Waals surface area contributed by atoms with Crippen molar-refractivity contribution < 1.29 is 28.9 Å². The number of ether oxygens (including phenoxy) is 3. The lowest BCUT2D eigenvalue weighted by Crippen LogP contribution is -2.50. The maximum atomic E-state index is 13.5. The lowest BCUT2D eigenvalue weighted by molar-refractivity contribution is -0.125. The second-order valence-corrected chi connectivity index (χ2v) is 11.4. The SMILES string of the molecule is COc1cc(C(=O)C(=N)CC(C)(CCN2CCC(C(N)=O)(c3ccccc3)CC2)c2ccc(O)cc2)cc(OC)c1OC. The Balaban J connectivity index is 1.53. The molecule has 1 unspecified atom stereocenters. The summed E-state index contributed by atoms with van der Waals surface area (Å²) >= 11 is 0. The summed E-state index contributed by atoms with van der Waals surface area (Å²) in [6.07, 6.45) is 2.07. The number of nitrogens with one attached hydrogen (secondary N) is 1. The third-order valence-corrected chi connectivity index (χ3v) is 8.82. The highest BCUT2D eigenvalue weighted by Crippen LogP contribution is 2.40. The Bertz CT molecular complexity index is 1420. The van der Waals surface area contributed by atoms with Gasteiger partial charge in [0.25, 0.3) is 0 Å². The van der Waals surface area contributed by atoms with Crippen molar-refractivity contribution in [3.05, 3.63) is 83.4 Å². The molecule has 3 aromatic rings. The van der Waals surface area contributed by atoms with Gasteiger partial charge in [0.1, 0.15) is 5.75 Å². The van der Waals surface area contributed by atoms with Crippen LogP contribution in [0.4, 0.5) is 0 Å². The number of nitrogens with two attached hydrogens (primary N) is 1. The van der Waals surface area contributed by atoms with E-state index in [0.717, 1.165) is 11.1 Å². The number of ketones is 1. The molecule has 0 aliphatic carbocycles. The highest BCUT2D eigenvalue weighted by atomic mass is 16.5. The normalized spacial score (nSPS) is 16.1. The molecule has 0 bridgehead atoms. The number of likely N-dealkylation sites (tertiary alicyclic amines) is 1. The zero-order chi connectivity index (χ0) is 31.2. The number of benzene rings is 3. The van der Waals surface area contributed by atoms with Crippen molar-refractivity contribution in [3.63, 3.8) is 0 Å². The van der Waals surface area contributed by atoms with Crippen molar-refractivity contribution in [1.29, 1.82) is 5.41 Å². The van der Waals surface area contributed by atoms with Gasteiger partial charge in [-0.05, 0) is 79.7 Å². The van der Waals surface area contributed by atoms with Crippen molar-refractivity contribution in [2.24, 2.45) is 5.73 Å². The number of phenols is 1. The van der Waals surface area contributed by atoms with Crippen LogP contribution < -0.4 is 19.9 Å². The molecular weight excluding hydrogens is 546 g/mol. The van der Waals surface area contributed by atoms with Crippen LogP contribution in [0.2, 0.25) is 0 Å². The maximum absolute atomic E-state index is 13.5. The number of hydrogen-bond donors (Lipinski definition) is 3. The molecule has 4 N–H and O–H groups in total. The molecule has 1 fully saturated rings. The maximum Gasteiger partial charge on any atom is 0.228 e. The minimum atomic E-state index is -0.687. The number of hydrogen-bond acceptors (Lipinski definition) is 8. The molecule has 0 spiro atoms. The number of primary amides is 1. The molecular formula is C34H41N3O6. The van der Waals surface area contributed by atoms with Crippen LogP contribution in [-0.4, -0.2) is 68.4 Å². The third kappa shape index (κ3) is 6.67. The van der Waals surface area contributed by atoms with E-state index < -0.39 is 16.6 Å². The summed E-state index contributed by atoms with van der Waals surface area (Å²) in [5.41, 5.74) is 6.75. The van der Waals surface area contributed by atoms with E-state index in [1.54, 1.807) is 24.3 Å². The number of carbonyl (C=O) groups excluding carboxylic acids is 2. The van der Waals surface area contributed by atoms with Gasteiger partial charge in [0, 0.05) is 12.0 Å². The predicted octanol–water partition coefficient (Wildman–Crippen LogP) is 4.88. The number of nitrogens with zero attached hydrogens (tertiary/aromatic N) is 1. The number of methoxy groups -OCH3 is 3. The van der Waals surface area contributed by atoms with Gasteiger partial charge in [-0.25, -0.2) is 0 Å². The van der Waals surface area contributed by atoms with Gasteiger partial charge in [-0.15, -0.1) is 0 Å². The van der Waals surface area contributed by atoms with Gasteiger partial charge in [0.05, 0.1) is 32.5 Å². The first-order valence-corrected chi connectivity index (χ1v) is 14.4. The summed E-state index contributed by atoms with van der Waals surface area (Å²) in [5.74, 6) is 0.465. The van der Waals surface area contributed by atoms with Gasteiger partial charge in [-0.3, -0.25) is 9.59 Å². The van der Waals surface area contributed by atoms with E-state index in [1.165, 1.54) is 21.3 Å². The highest BCUT2D eigenvalue weighted by molar-refractivity contribution is 6.45. The summed E-state index contributed by atoms with van der Waals surface area (Å²) in [5, 5.41) is 18.8. The lowest BCUT2D eigenvalue weighted by Gasteiger charge is -2.41. The van der Waals surface area contributed by atoms with E-state index in [2.05, 4.69) is 4.90 Å². The number of piperidine rings is 1. The molecule has 1 aliphatic rings. The molecule has 228 valence electrons. The Morgan fingerprint density at radius 3 is 2.05 bits per heavy atom. The van der Waals surface area contributed by atoms with Gasteiger partial charge in [0.15, 0.2) is 11.5 Å². The van der Waals surface area contributed by atoms with Gasteiger partial charge >= 0.3 is 0 Å². The Hall–Kier alpha value is -4.37. The predicted molar refractivity (Wildman–Crippen MR) is 166 cm³/mol. The standard InChI is InChI=1S/C34H41N3O6/c1-33(24-10-12-26(38)13-11-24,22-27(35)30(39)23-20-28(41-2)31(43-4)29(21-23)42-3)14-17-37-18-15-34(16-19-37,32(36)40)25-8-6-5-7-9-25/h5-13,20-21,35,38H,14-19,22H2,1-4H3,(H2,36,40). The largest absolute Gasteiger partial charge is 0.508 e. The van der Waals surface area contributed by atoms with Crippen LogP contribution in [0.3, 0.4) is 0 Å². The molecule has 0 radical (unpaired) electrons. The number of aromatic hydroxyl groups is 1. The third-order valence-electron chi connectivity index (χ3n) is 8.82. The molecule has 1 atom stereocenters. The summed E-state index contributed by atoms with van der Waals surface area (Å²) in [4.78, 5) is 28.5. The van der Waals surface area contributed by atoms with Crippen LogP contribution in [-0.2, 0) is 15.6 Å². The monoisotopic (exact) mass is 587 g/mol. The van der Waals surface area contributed by atoms with Gasteiger partial charge < -0.3 is 35.4 Å². The molecule has 3 aromatic carbocycles. The average Bonchev–Trinajstić information content (AvgIpc) is 3.03. The van der Waals surface area contributed by atoms with E-state index in [0.29, 0.717) is 56.1 Å². The Kier molecular flexibility index (Phi) is 9.76. The topological polar surface area (TPSA) is 135 Å². The fraction of sp³-hybridized carbons (Fsp3) is 0.382. The van der Waals surface area contributed by atoms with Gasteiger partial charge in [-0.1, -0.05) is 49.4 Å². The zero-order valence-corrected chi connectivity index (χ0v) is 25.3. The fourth-order valence-corrected chi connectivity index (χ4v) is 6.05. The van der Waals surface area contributed by atoms with Crippen molar-refractivity contribution in [2.75, 3.05) is 41.0 Å². The first-order chi connectivity index (χ1) is 20.6. The molecule has 1 saturated heterocycles. The van der Waals surface area contributed by atoms with Crippen LogP contribution in [0.5, 0.6) is 23.0 Å². The Morgan fingerprint density at radius 1 is 0.953 bits per heavy atom. The lowest BCUT2D eigenvalue weighted by atomic mass is 9.71. The van der Waals surface area contributed by atoms with Crippen molar-refractivity contribution >= 4 is 17.4 Å². The van der Waals surface area contributed by atoms with E-state index in [4.69, 9.17) is 25.4 Å². The molecule has 43 heavy (non-hydrogen) atoms. The van der Waals surface area contributed by atoms with Crippen LogP contribution in [0.25, 0.3) is 0 Å². The summed E-state index contributed by atoms with van der Waals surface area (Å²) in [6, 6.07) is 19.8. The number of phenolic OH excluding ortho intramolecular Hbond substituents is 1. The summed E-state index contributed by atoms with van der Waals surface area (Å²) in [7, 11) is 4.45. The van der Waals surface area contributed by atoms with Crippen LogP contribution in [0.1, 0.15) is 54.1 Å². The fourth-order valence-electron chi connectivity index (χ4n) is 6.05. The first-order valence-electron chi connectivity index (χ1n) is 14.4. The summed E-state index contributed by atoms with van der Waals surface area (Å²) in [6.45, 7) is 4.14. The molecule has 0 saturated carbocycles. The van der Waals surface area contributed by atoms with E-state index >= 15 is 0 Å². The number of carbonyl (C=O) groups is 2. The van der Waals surface area contributed by atoms with Crippen molar-refractivity contribution in [3.8, 4) is 23.0 Å².